The molecule has 11 heavy (non-hydrogen) atoms. The smallest absolute Gasteiger partial charge is 0.187 e. The molecule has 0 saturated heterocycles. The number of rotatable bonds is 0. The van der Waals surface area contributed by atoms with Crippen LogP contribution in [-0.2, 0) is 0 Å². The molecule has 0 bridgehead atoms. The number of nitrogens with zero attached hydrogens (tertiary/aromatic N) is 1. The third kappa shape index (κ3) is 4.74. The Bertz CT molecular complexity index is 157. The van der Waals surface area contributed by atoms with Crippen LogP contribution in [0.15, 0.2) is 0 Å². The molecule has 0 spiro atoms. The topological polar surface area (TPSA) is 39.3 Å². The van der Waals surface area contributed by atoms with Crippen LogP contribution >= 0.6 is 24.4 Å². The van der Waals surface area contributed by atoms with Gasteiger partial charge in [0.25, 0.3) is 0 Å². The molecule has 0 rings (SSSR count). The Labute approximate surface area is 77.3 Å². The van der Waals surface area contributed by atoms with Crippen LogP contribution in [0.2, 0.25) is 0 Å². The van der Waals surface area contributed by atoms with Gasteiger partial charge in [-0.2, -0.15) is 0 Å². The van der Waals surface area contributed by atoms with Gasteiger partial charge in [0.1, 0.15) is 0 Å². The average molecular weight is 192 g/mol. The number of hydrogen-bond acceptors (Lipinski definition) is 2. The van der Waals surface area contributed by atoms with E-state index in [2.05, 4.69) is 16.2 Å². The number of hydrazine groups is 1. The monoisotopic (exact) mass is 192 g/mol. The standard InChI is InChI=1S/C5H12N4S2/c1-6-4(10)7-8-5(11)9(2)3/h1-3H3,(H,8,11)(H2,6,7,10). The normalized spacial score (nSPS) is 8.27. The molecule has 0 aliphatic carbocycles. The first kappa shape index (κ1) is 10.4. The van der Waals surface area contributed by atoms with Crippen molar-refractivity contribution in [1.82, 2.24) is 21.1 Å². The van der Waals surface area contributed by atoms with Gasteiger partial charge in [0.05, 0.1) is 0 Å². The van der Waals surface area contributed by atoms with E-state index in [0.29, 0.717) is 10.2 Å². The van der Waals surface area contributed by atoms with Crippen LogP contribution in [0.3, 0.4) is 0 Å². The Balaban J connectivity index is 3.54. The van der Waals surface area contributed by atoms with Crippen molar-refractivity contribution in [3.8, 4) is 0 Å². The minimum Gasteiger partial charge on any atom is -0.364 e. The molecule has 0 amide bonds. The second-order valence-corrected chi connectivity index (χ2v) is 2.82. The molecule has 0 radical (unpaired) electrons. The molecular weight excluding hydrogens is 180 g/mol. The van der Waals surface area contributed by atoms with Crippen molar-refractivity contribution in [2.24, 2.45) is 0 Å². The van der Waals surface area contributed by atoms with Gasteiger partial charge >= 0.3 is 0 Å². The molecule has 0 saturated carbocycles. The van der Waals surface area contributed by atoms with Gasteiger partial charge in [0.15, 0.2) is 10.2 Å². The largest absolute Gasteiger partial charge is 0.364 e. The minimum atomic E-state index is 0.509. The molecular formula is C5H12N4S2. The summed E-state index contributed by atoms with van der Waals surface area (Å²) in [4.78, 5) is 1.76. The highest BCUT2D eigenvalue weighted by Crippen LogP contribution is 1.74. The summed E-state index contributed by atoms with van der Waals surface area (Å²) in [5.41, 5.74) is 5.44. The molecule has 0 aliphatic rings. The van der Waals surface area contributed by atoms with E-state index in [1.54, 1.807) is 11.9 Å². The fourth-order valence-electron chi connectivity index (χ4n) is 0.285. The lowest BCUT2D eigenvalue weighted by Gasteiger charge is -2.16. The van der Waals surface area contributed by atoms with E-state index >= 15 is 0 Å². The molecule has 0 aromatic rings. The first-order chi connectivity index (χ1) is 5.07. The maximum atomic E-state index is 4.91. The van der Waals surface area contributed by atoms with Gasteiger partial charge in [-0.15, -0.1) is 0 Å². The molecule has 6 heteroatoms. The average Bonchev–Trinajstić information content (AvgIpc) is 1.99. The lowest BCUT2D eigenvalue weighted by molar-refractivity contribution is 0.592. The van der Waals surface area contributed by atoms with Gasteiger partial charge < -0.3 is 10.2 Å². The van der Waals surface area contributed by atoms with Gasteiger partial charge in [-0.1, -0.05) is 0 Å². The van der Waals surface area contributed by atoms with Gasteiger partial charge in [0, 0.05) is 21.1 Å². The van der Waals surface area contributed by atoms with E-state index in [0.717, 1.165) is 0 Å². The first-order valence-corrected chi connectivity index (χ1v) is 3.84. The molecule has 0 heterocycles. The van der Waals surface area contributed by atoms with Crippen LogP contribution < -0.4 is 16.2 Å². The van der Waals surface area contributed by atoms with E-state index in [1.165, 1.54) is 0 Å². The van der Waals surface area contributed by atoms with Crippen LogP contribution in [0.5, 0.6) is 0 Å². The van der Waals surface area contributed by atoms with E-state index in [4.69, 9.17) is 24.4 Å². The Morgan fingerprint density at radius 2 is 1.73 bits per heavy atom. The fraction of sp³-hybridized carbons (Fsp3) is 0.600. The molecule has 3 N–H and O–H groups in total. The summed E-state index contributed by atoms with van der Waals surface area (Å²) >= 11 is 9.71. The number of nitrogens with one attached hydrogen (secondary N) is 3. The quantitative estimate of drug-likeness (QED) is 0.353. The van der Waals surface area contributed by atoms with Crippen molar-refractivity contribution in [3.05, 3.63) is 0 Å². The Morgan fingerprint density at radius 1 is 1.18 bits per heavy atom. The third-order valence-corrected chi connectivity index (χ3v) is 1.69. The summed E-state index contributed by atoms with van der Waals surface area (Å²) < 4.78 is 0. The molecule has 0 unspecified atom stereocenters. The fourth-order valence-corrected chi connectivity index (χ4v) is 0.387. The zero-order chi connectivity index (χ0) is 8.85. The second kappa shape index (κ2) is 5.09. The summed E-state index contributed by atoms with van der Waals surface area (Å²) in [6, 6.07) is 0. The Morgan fingerprint density at radius 3 is 2.09 bits per heavy atom. The summed E-state index contributed by atoms with van der Waals surface area (Å²) in [7, 11) is 5.43. The van der Waals surface area contributed by atoms with Crippen molar-refractivity contribution >= 4 is 34.7 Å². The van der Waals surface area contributed by atoms with Crippen LogP contribution in [0, 0.1) is 0 Å². The highest BCUT2D eigenvalue weighted by Gasteiger charge is 1.96. The van der Waals surface area contributed by atoms with E-state index < -0.39 is 0 Å². The van der Waals surface area contributed by atoms with Crippen LogP contribution in [0.25, 0.3) is 0 Å². The van der Waals surface area contributed by atoms with Gasteiger partial charge in [0.2, 0.25) is 0 Å². The summed E-state index contributed by atoms with van der Waals surface area (Å²) in [6.07, 6.45) is 0. The summed E-state index contributed by atoms with van der Waals surface area (Å²) in [5, 5.41) is 3.83. The Kier molecular flexibility index (Phi) is 4.80. The van der Waals surface area contributed by atoms with Crippen molar-refractivity contribution in [3.63, 3.8) is 0 Å². The highest BCUT2D eigenvalue weighted by atomic mass is 32.1. The lowest BCUT2D eigenvalue weighted by atomic mass is 10.9. The van der Waals surface area contributed by atoms with Crippen molar-refractivity contribution in [1.29, 1.82) is 0 Å². The third-order valence-electron chi connectivity index (χ3n) is 0.916. The zero-order valence-electron chi connectivity index (χ0n) is 6.76. The van der Waals surface area contributed by atoms with Crippen LogP contribution in [-0.4, -0.2) is 36.3 Å². The zero-order valence-corrected chi connectivity index (χ0v) is 8.40. The number of hydrogen-bond donors (Lipinski definition) is 3. The first-order valence-electron chi connectivity index (χ1n) is 3.03. The highest BCUT2D eigenvalue weighted by molar-refractivity contribution is 7.80. The summed E-state index contributed by atoms with van der Waals surface area (Å²) in [5.74, 6) is 0. The van der Waals surface area contributed by atoms with E-state index in [1.807, 2.05) is 14.1 Å². The summed E-state index contributed by atoms with van der Waals surface area (Å²) in [6.45, 7) is 0. The molecule has 4 nitrogen and oxygen atoms in total. The second-order valence-electron chi connectivity index (χ2n) is 2.03. The van der Waals surface area contributed by atoms with Gasteiger partial charge in [-0.05, 0) is 24.4 Å². The van der Waals surface area contributed by atoms with Crippen LogP contribution in [0.4, 0.5) is 0 Å². The predicted octanol–water partition coefficient (Wildman–Crippen LogP) is -0.569. The van der Waals surface area contributed by atoms with Crippen molar-refractivity contribution < 1.29 is 0 Å². The van der Waals surface area contributed by atoms with Crippen LogP contribution in [0.1, 0.15) is 0 Å². The molecule has 0 aromatic heterocycles. The molecule has 0 fully saturated rings. The van der Waals surface area contributed by atoms with E-state index in [-0.39, 0.29) is 0 Å². The Hall–Kier alpha value is -0.620. The van der Waals surface area contributed by atoms with Crippen molar-refractivity contribution in [2.75, 3.05) is 21.1 Å². The lowest BCUT2D eigenvalue weighted by Crippen LogP contribution is -2.49. The maximum Gasteiger partial charge on any atom is 0.187 e. The molecule has 0 aliphatic heterocycles. The predicted molar refractivity (Wildman–Crippen MR) is 54.2 cm³/mol. The van der Waals surface area contributed by atoms with Crippen molar-refractivity contribution in [2.45, 2.75) is 0 Å². The minimum absolute atomic E-state index is 0.509. The van der Waals surface area contributed by atoms with Gasteiger partial charge in [-0.3, -0.25) is 10.9 Å². The molecule has 0 aromatic carbocycles. The van der Waals surface area contributed by atoms with Gasteiger partial charge in [-0.25, -0.2) is 0 Å². The molecule has 64 valence electrons. The number of thiocarbonyl (C=S) groups is 2. The maximum absolute atomic E-state index is 4.91. The molecule has 0 atom stereocenters. The van der Waals surface area contributed by atoms with E-state index in [9.17, 15) is 0 Å². The SMILES string of the molecule is CNC(=S)NNC(=S)N(C)C.